The molecular weight excluding hydrogens is 252 g/mol. The summed E-state index contributed by atoms with van der Waals surface area (Å²) in [4.78, 5) is 1.28. The summed E-state index contributed by atoms with van der Waals surface area (Å²) >= 11 is 1.70. The molecule has 0 aliphatic heterocycles. The first-order valence-electron chi connectivity index (χ1n) is 5.90. The predicted octanol–water partition coefficient (Wildman–Crippen LogP) is 3.88. The fourth-order valence-electron chi connectivity index (χ4n) is 1.81. The van der Waals surface area contributed by atoms with Crippen LogP contribution in [0.3, 0.4) is 0 Å². The monoisotopic (exact) mass is 267 g/mol. The minimum absolute atomic E-state index is 0.410. The summed E-state index contributed by atoms with van der Waals surface area (Å²) in [5, 5.41) is 5.25. The van der Waals surface area contributed by atoms with Gasteiger partial charge in [0.25, 0.3) is 0 Å². The molecule has 0 aliphatic rings. The van der Waals surface area contributed by atoms with E-state index in [0.29, 0.717) is 12.1 Å². The second-order valence-corrected chi connectivity index (χ2v) is 5.06. The second-order valence-electron chi connectivity index (χ2n) is 4.06. The Morgan fingerprint density at radius 2 is 1.94 bits per heavy atom. The average Bonchev–Trinajstić information content (AvgIpc) is 2.79. The van der Waals surface area contributed by atoms with Gasteiger partial charge in [-0.1, -0.05) is 13.0 Å². The highest BCUT2D eigenvalue weighted by Gasteiger charge is 2.05. The van der Waals surface area contributed by atoms with Gasteiger partial charge in [-0.15, -0.1) is 11.3 Å². The van der Waals surface area contributed by atoms with E-state index in [0.717, 1.165) is 19.0 Å². The molecule has 0 fully saturated rings. The molecule has 0 spiro atoms. The quantitative estimate of drug-likeness (QED) is 0.867. The summed E-state index contributed by atoms with van der Waals surface area (Å²) in [5.41, 5.74) is 1.82. The Hall–Kier alpha value is -1.26. The number of hydrogen-bond acceptors (Lipinski definition) is 2. The summed E-state index contributed by atoms with van der Waals surface area (Å²) < 4.78 is 26.1. The normalized spacial score (nSPS) is 10.8. The van der Waals surface area contributed by atoms with E-state index in [1.807, 2.05) is 0 Å². The van der Waals surface area contributed by atoms with Gasteiger partial charge in [0.15, 0.2) is 0 Å². The van der Waals surface area contributed by atoms with Gasteiger partial charge in [0.1, 0.15) is 11.6 Å². The molecule has 0 unspecified atom stereocenters. The largest absolute Gasteiger partial charge is 0.308 e. The van der Waals surface area contributed by atoms with E-state index in [-0.39, 0.29) is 0 Å². The maximum atomic E-state index is 13.4. The van der Waals surface area contributed by atoms with Crippen LogP contribution in [0.15, 0.2) is 29.6 Å². The molecule has 1 aromatic carbocycles. The third-order valence-corrected chi connectivity index (χ3v) is 3.80. The molecule has 2 rings (SSSR count). The van der Waals surface area contributed by atoms with Crippen molar-refractivity contribution in [2.45, 2.75) is 26.4 Å². The van der Waals surface area contributed by atoms with Crippen LogP contribution in [0.5, 0.6) is 0 Å². The van der Waals surface area contributed by atoms with Gasteiger partial charge in [0, 0.05) is 29.6 Å². The molecule has 4 heteroatoms. The van der Waals surface area contributed by atoms with Crippen LogP contribution < -0.4 is 5.32 Å². The van der Waals surface area contributed by atoms with Crippen molar-refractivity contribution in [3.8, 4) is 0 Å². The minimum atomic E-state index is -0.539. The van der Waals surface area contributed by atoms with E-state index < -0.39 is 11.6 Å². The van der Waals surface area contributed by atoms with Gasteiger partial charge in [0.2, 0.25) is 0 Å². The standard InChI is InChI=1S/C14H15F2NS/c1-2-10-5-6-18-14(10)9-17-8-11-3-4-12(15)7-13(11)16/h3-7,17H,2,8-9H2,1H3. The van der Waals surface area contributed by atoms with Crippen LogP contribution in [0, 0.1) is 11.6 Å². The Morgan fingerprint density at radius 3 is 2.67 bits per heavy atom. The van der Waals surface area contributed by atoms with Crippen molar-refractivity contribution < 1.29 is 8.78 Å². The van der Waals surface area contributed by atoms with E-state index in [4.69, 9.17) is 0 Å². The number of benzene rings is 1. The Labute approximate surface area is 109 Å². The van der Waals surface area contributed by atoms with Crippen molar-refractivity contribution in [2.24, 2.45) is 0 Å². The smallest absolute Gasteiger partial charge is 0.130 e. The minimum Gasteiger partial charge on any atom is -0.308 e. The summed E-state index contributed by atoms with van der Waals surface area (Å²) in [6.07, 6.45) is 1.01. The van der Waals surface area contributed by atoms with Gasteiger partial charge in [-0.3, -0.25) is 0 Å². The average molecular weight is 267 g/mol. The number of aryl methyl sites for hydroxylation is 1. The molecule has 0 bridgehead atoms. The lowest BCUT2D eigenvalue weighted by Crippen LogP contribution is -2.13. The molecule has 0 saturated heterocycles. The molecule has 0 radical (unpaired) electrons. The topological polar surface area (TPSA) is 12.0 Å². The zero-order valence-electron chi connectivity index (χ0n) is 10.2. The molecule has 0 aliphatic carbocycles. The Kier molecular flexibility index (Phi) is 4.44. The molecule has 96 valence electrons. The van der Waals surface area contributed by atoms with E-state index in [2.05, 4.69) is 23.7 Å². The molecule has 18 heavy (non-hydrogen) atoms. The third kappa shape index (κ3) is 3.15. The number of thiophene rings is 1. The maximum Gasteiger partial charge on any atom is 0.130 e. The Morgan fingerprint density at radius 1 is 1.11 bits per heavy atom. The Bertz CT molecular complexity index is 522. The van der Waals surface area contributed by atoms with E-state index >= 15 is 0 Å². The predicted molar refractivity (Wildman–Crippen MR) is 70.6 cm³/mol. The molecule has 1 nitrogen and oxygen atoms in total. The number of rotatable bonds is 5. The van der Waals surface area contributed by atoms with Crippen LogP contribution in [0.1, 0.15) is 22.9 Å². The van der Waals surface area contributed by atoms with Crippen molar-refractivity contribution >= 4 is 11.3 Å². The molecule has 1 N–H and O–H groups in total. The highest BCUT2D eigenvalue weighted by molar-refractivity contribution is 7.10. The number of hydrogen-bond donors (Lipinski definition) is 1. The van der Waals surface area contributed by atoms with Crippen LogP contribution >= 0.6 is 11.3 Å². The van der Waals surface area contributed by atoms with Crippen LogP contribution in [0.4, 0.5) is 8.78 Å². The third-order valence-electron chi connectivity index (χ3n) is 2.83. The van der Waals surface area contributed by atoms with E-state index in [9.17, 15) is 8.78 Å². The fraction of sp³-hybridized carbons (Fsp3) is 0.286. The lowest BCUT2D eigenvalue weighted by Gasteiger charge is -2.06. The lowest BCUT2D eigenvalue weighted by molar-refractivity contribution is 0.560. The zero-order chi connectivity index (χ0) is 13.0. The fourth-order valence-corrected chi connectivity index (χ4v) is 2.76. The molecule has 0 amide bonds. The van der Waals surface area contributed by atoms with Gasteiger partial charge >= 0.3 is 0 Å². The SMILES string of the molecule is CCc1ccsc1CNCc1ccc(F)cc1F. The van der Waals surface area contributed by atoms with Crippen LogP contribution in [0.2, 0.25) is 0 Å². The van der Waals surface area contributed by atoms with Crippen LogP contribution in [-0.4, -0.2) is 0 Å². The first kappa shape index (κ1) is 13.2. The van der Waals surface area contributed by atoms with E-state index in [1.165, 1.54) is 22.6 Å². The first-order chi connectivity index (χ1) is 8.70. The van der Waals surface area contributed by atoms with Gasteiger partial charge in [-0.2, -0.15) is 0 Å². The van der Waals surface area contributed by atoms with Crippen molar-refractivity contribution in [3.05, 3.63) is 57.3 Å². The molecule has 2 aromatic rings. The van der Waals surface area contributed by atoms with E-state index in [1.54, 1.807) is 11.3 Å². The summed E-state index contributed by atoms with van der Waals surface area (Å²) in [5.74, 6) is -1.04. The highest BCUT2D eigenvalue weighted by atomic mass is 32.1. The number of halogens is 2. The highest BCUT2D eigenvalue weighted by Crippen LogP contribution is 2.17. The first-order valence-corrected chi connectivity index (χ1v) is 6.78. The van der Waals surface area contributed by atoms with Crippen molar-refractivity contribution in [2.75, 3.05) is 0 Å². The lowest BCUT2D eigenvalue weighted by atomic mass is 10.2. The summed E-state index contributed by atoms with van der Waals surface area (Å²) in [7, 11) is 0. The molecular formula is C14H15F2NS. The molecule has 0 atom stereocenters. The molecule has 0 saturated carbocycles. The van der Waals surface area contributed by atoms with Crippen LogP contribution in [0.25, 0.3) is 0 Å². The van der Waals surface area contributed by atoms with Gasteiger partial charge in [0.05, 0.1) is 0 Å². The second kappa shape index (κ2) is 6.07. The molecule has 1 aromatic heterocycles. The summed E-state index contributed by atoms with van der Waals surface area (Å²) in [6.45, 7) is 3.25. The summed E-state index contributed by atoms with van der Waals surface area (Å²) in [6, 6.07) is 5.79. The van der Waals surface area contributed by atoms with Crippen molar-refractivity contribution in [1.82, 2.24) is 5.32 Å². The van der Waals surface area contributed by atoms with Crippen molar-refractivity contribution in [1.29, 1.82) is 0 Å². The number of nitrogens with one attached hydrogen (secondary N) is 1. The zero-order valence-corrected chi connectivity index (χ0v) is 11.0. The maximum absolute atomic E-state index is 13.4. The van der Waals surface area contributed by atoms with Crippen molar-refractivity contribution in [3.63, 3.8) is 0 Å². The van der Waals surface area contributed by atoms with Crippen LogP contribution in [-0.2, 0) is 19.5 Å². The van der Waals surface area contributed by atoms with Gasteiger partial charge in [-0.25, -0.2) is 8.78 Å². The van der Waals surface area contributed by atoms with Gasteiger partial charge < -0.3 is 5.32 Å². The molecule has 1 heterocycles. The Balaban J connectivity index is 1.92. The van der Waals surface area contributed by atoms with Gasteiger partial charge in [-0.05, 0) is 29.5 Å².